The molecule has 3 rings (SSSR count). The molecule has 1 aromatic carbocycles. The maximum Gasteiger partial charge on any atom is 0.338 e. The summed E-state index contributed by atoms with van der Waals surface area (Å²) in [5, 5.41) is 12.2. The van der Waals surface area contributed by atoms with Crippen LogP contribution in [0.2, 0.25) is 0 Å². The standard InChI is InChI=1S/C18H21NO5/c1-2-24-18(23)12-4-3-5-13(9-12)19-16(20)14-10-6-7-11(8-10)15(14)17(21)22/h3-5,9-11,14-15H,2,6-8H2,1H3,(H,19,20)(H,21,22)/t10-,11+,14-,15+/m1/s1. The molecule has 0 aromatic heterocycles. The van der Waals surface area contributed by atoms with Crippen molar-refractivity contribution in [1.82, 2.24) is 0 Å². The molecule has 0 aliphatic heterocycles. The second kappa shape index (κ2) is 6.63. The largest absolute Gasteiger partial charge is 0.481 e. The first-order valence-corrected chi connectivity index (χ1v) is 8.32. The summed E-state index contributed by atoms with van der Waals surface area (Å²) in [5.74, 6) is -2.45. The summed E-state index contributed by atoms with van der Waals surface area (Å²) in [4.78, 5) is 35.9. The molecule has 24 heavy (non-hydrogen) atoms. The summed E-state index contributed by atoms with van der Waals surface area (Å²) < 4.78 is 4.95. The number of fused-ring (bicyclic) bond motifs is 2. The van der Waals surface area contributed by atoms with Crippen molar-refractivity contribution in [3.8, 4) is 0 Å². The van der Waals surface area contributed by atoms with Gasteiger partial charge in [-0.1, -0.05) is 6.07 Å². The molecule has 2 N–H and O–H groups in total. The number of ether oxygens (including phenoxy) is 1. The number of carboxylic acids is 1. The van der Waals surface area contributed by atoms with Crippen molar-refractivity contribution in [3.63, 3.8) is 0 Å². The molecule has 2 bridgehead atoms. The number of anilines is 1. The lowest BCUT2D eigenvalue weighted by Gasteiger charge is -2.27. The zero-order valence-corrected chi connectivity index (χ0v) is 13.5. The average Bonchev–Trinajstić information content (AvgIpc) is 3.16. The van der Waals surface area contributed by atoms with E-state index >= 15 is 0 Å². The predicted octanol–water partition coefficient (Wildman–Crippen LogP) is 2.55. The SMILES string of the molecule is CCOC(=O)c1cccc(NC(=O)[C@@H]2[C@@H]3CC[C@@H](C3)[C@@H]2C(=O)O)c1. The van der Waals surface area contributed by atoms with Crippen molar-refractivity contribution in [1.29, 1.82) is 0 Å². The number of benzene rings is 1. The minimum atomic E-state index is -0.886. The molecule has 1 amide bonds. The van der Waals surface area contributed by atoms with Gasteiger partial charge in [0, 0.05) is 5.69 Å². The van der Waals surface area contributed by atoms with E-state index in [0.29, 0.717) is 11.3 Å². The molecule has 6 nitrogen and oxygen atoms in total. The van der Waals surface area contributed by atoms with E-state index in [4.69, 9.17) is 4.74 Å². The lowest BCUT2D eigenvalue weighted by atomic mass is 9.78. The van der Waals surface area contributed by atoms with Gasteiger partial charge < -0.3 is 15.2 Å². The first-order chi connectivity index (χ1) is 11.5. The van der Waals surface area contributed by atoms with Gasteiger partial charge in [0.05, 0.1) is 24.0 Å². The molecule has 2 aliphatic rings. The van der Waals surface area contributed by atoms with Crippen LogP contribution in [0.4, 0.5) is 5.69 Å². The Labute approximate surface area is 140 Å². The van der Waals surface area contributed by atoms with Crippen molar-refractivity contribution in [2.75, 3.05) is 11.9 Å². The van der Waals surface area contributed by atoms with Gasteiger partial charge in [0.2, 0.25) is 5.91 Å². The van der Waals surface area contributed by atoms with Crippen molar-refractivity contribution in [2.45, 2.75) is 26.2 Å². The van der Waals surface area contributed by atoms with E-state index in [1.165, 1.54) is 0 Å². The summed E-state index contributed by atoms with van der Waals surface area (Å²) in [6, 6.07) is 6.52. The lowest BCUT2D eigenvalue weighted by Crippen LogP contribution is -2.37. The number of nitrogens with one attached hydrogen (secondary N) is 1. The molecule has 6 heteroatoms. The van der Waals surface area contributed by atoms with Gasteiger partial charge in [0.1, 0.15) is 0 Å². The first-order valence-electron chi connectivity index (χ1n) is 8.32. The van der Waals surface area contributed by atoms with Crippen LogP contribution in [-0.4, -0.2) is 29.6 Å². The average molecular weight is 331 g/mol. The molecule has 1 aromatic rings. The van der Waals surface area contributed by atoms with Gasteiger partial charge in [-0.15, -0.1) is 0 Å². The van der Waals surface area contributed by atoms with E-state index in [2.05, 4.69) is 5.32 Å². The smallest absolute Gasteiger partial charge is 0.338 e. The van der Waals surface area contributed by atoms with Crippen LogP contribution in [0.25, 0.3) is 0 Å². The van der Waals surface area contributed by atoms with E-state index < -0.39 is 23.8 Å². The van der Waals surface area contributed by atoms with Gasteiger partial charge >= 0.3 is 11.9 Å². The highest BCUT2D eigenvalue weighted by molar-refractivity contribution is 5.97. The van der Waals surface area contributed by atoms with E-state index in [-0.39, 0.29) is 24.3 Å². The minimum Gasteiger partial charge on any atom is -0.481 e. The second-order valence-corrected chi connectivity index (χ2v) is 6.51. The van der Waals surface area contributed by atoms with E-state index in [1.54, 1.807) is 31.2 Å². The van der Waals surface area contributed by atoms with E-state index in [0.717, 1.165) is 19.3 Å². The maximum absolute atomic E-state index is 12.6. The Bertz CT molecular complexity index is 671. The number of carbonyl (C=O) groups is 3. The highest BCUT2D eigenvalue weighted by Gasteiger charge is 2.53. The van der Waals surface area contributed by atoms with Crippen molar-refractivity contribution >= 4 is 23.5 Å². The first kappa shape index (κ1) is 16.5. The van der Waals surface area contributed by atoms with E-state index in [9.17, 15) is 19.5 Å². The van der Waals surface area contributed by atoms with Crippen LogP contribution >= 0.6 is 0 Å². The number of rotatable bonds is 5. The molecule has 0 radical (unpaired) electrons. The Morgan fingerprint density at radius 1 is 1.21 bits per heavy atom. The second-order valence-electron chi connectivity index (χ2n) is 6.51. The molecular weight excluding hydrogens is 310 g/mol. The molecule has 0 heterocycles. The molecule has 2 aliphatic carbocycles. The zero-order chi connectivity index (χ0) is 17.3. The molecule has 4 atom stereocenters. The summed E-state index contributed by atoms with van der Waals surface area (Å²) >= 11 is 0. The van der Waals surface area contributed by atoms with Gasteiger partial charge in [-0.25, -0.2) is 4.79 Å². The van der Waals surface area contributed by atoms with Crippen LogP contribution in [0.15, 0.2) is 24.3 Å². The topological polar surface area (TPSA) is 92.7 Å². The molecule has 128 valence electrons. The summed E-state index contributed by atoms with van der Waals surface area (Å²) in [5.41, 5.74) is 0.842. The fourth-order valence-electron chi connectivity index (χ4n) is 4.19. The Hall–Kier alpha value is -2.37. The number of esters is 1. The third-order valence-corrected chi connectivity index (χ3v) is 5.15. The molecule has 2 fully saturated rings. The number of carboxylic acid groups (broad SMARTS) is 1. The molecule has 0 spiro atoms. The number of hydrogen-bond donors (Lipinski definition) is 2. The summed E-state index contributed by atoms with van der Waals surface area (Å²) in [6.07, 6.45) is 2.62. The molecule has 0 saturated heterocycles. The minimum absolute atomic E-state index is 0.106. The van der Waals surface area contributed by atoms with Crippen LogP contribution in [0.1, 0.15) is 36.5 Å². The van der Waals surface area contributed by atoms with Crippen molar-refractivity contribution in [3.05, 3.63) is 29.8 Å². The van der Waals surface area contributed by atoms with Gasteiger partial charge in [-0.05, 0) is 56.2 Å². The van der Waals surface area contributed by atoms with Crippen molar-refractivity contribution in [2.24, 2.45) is 23.7 Å². The quantitative estimate of drug-likeness (QED) is 0.809. The predicted molar refractivity (Wildman–Crippen MR) is 86.5 cm³/mol. The van der Waals surface area contributed by atoms with Crippen LogP contribution in [-0.2, 0) is 14.3 Å². The highest BCUT2D eigenvalue weighted by Crippen LogP contribution is 2.52. The fraction of sp³-hybridized carbons (Fsp3) is 0.500. The Kier molecular flexibility index (Phi) is 4.55. The van der Waals surface area contributed by atoms with Crippen LogP contribution < -0.4 is 5.32 Å². The number of hydrogen-bond acceptors (Lipinski definition) is 4. The maximum atomic E-state index is 12.6. The summed E-state index contributed by atoms with van der Waals surface area (Å²) in [7, 11) is 0. The Morgan fingerprint density at radius 3 is 2.58 bits per heavy atom. The lowest BCUT2D eigenvalue weighted by molar-refractivity contribution is -0.148. The molecular formula is C18H21NO5. The highest BCUT2D eigenvalue weighted by atomic mass is 16.5. The number of amides is 1. The third-order valence-electron chi connectivity index (χ3n) is 5.15. The summed E-state index contributed by atoms with van der Waals surface area (Å²) in [6.45, 7) is 2.01. The molecule has 0 unspecified atom stereocenters. The normalized spacial score (nSPS) is 27.7. The van der Waals surface area contributed by atoms with Gasteiger partial charge in [-0.2, -0.15) is 0 Å². The van der Waals surface area contributed by atoms with Crippen LogP contribution in [0, 0.1) is 23.7 Å². The fourth-order valence-corrected chi connectivity index (χ4v) is 4.19. The van der Waals surface area contributed by atoms with Gasteiger partial charge in [0.25, 0.3) is 0 Å². The Morgan fingerprint density at radius 2 is 1.92 bits per heavy atom. The van der Waals surface area contributed by atoms with E-state index in [1.807, 2.05) is 0 Å². The number of carbonyl (C=O) groups excluding carboxylic acids is 2. The van der Waals surface area contributed by atoms with Crippen LogP contribution in [0.5, 0.6) is 0 Å². The van der Waals surface area contributed by atoms with Crippen LogP contribution in [0.3, 0.4) is 0 Å². The Balaban J connectivity index is 1.74. The zero-order valence-electron chi connectivity index (χ0n) is 13.5. The number of aliphatic carboxylic acids is 1. The van der Waals surface area contributed by atoms with Gasteiger partial charge in [-0.3, -0.25) is 9.59 Å². The molecule has 2 saturated carbocycles. The monoisotopic (exact) mass is 331 g/mol. The van der Waals surface area contributed by atoms with Crippen molar-refractivity contribution < 1.29 is 24.2 Å². The van der Waals surface area contributed by atoms with Gasteiger partial charge in [0.15, 0.2) is 0 Å². The third kappa shape index (κ3) is 3.00.